The fourth-order valence-electron chi connectivity index (χ4n) is 0.338. The Balaban J connectivity index is 2.79. The van der Waals surface area contributed by atoms with E-state index in [4.69, 9.17) is 10.5 Å². The Labute approximate surface area is 65.6 Å². The summed E-state index contributed by atoms with van der Waals surface area (Å²) in [5.41, 5.74) is 0. The van der Waals surface area contributed by atoms with Gasteiger partial charge in [-0.2, -0.15) is 0 Å². The van der Waals surface area contributed by atoms with Gasteiger partial charge in [0.25, 0.3) is 0 Å². The summed E-state index contributed by atoms with van der Waals surface area (Å²) in [6.07, 6.45) is 1.38. The molecule has 2 nitrogen and oxygen atoms in total. The molecule has 0 heterocycles. The average Bonchev–Trinajstić information content (AvgIpc) is 1.89. The van der Waals surface area contributed by atoms with Gasteiger partial charge in [0.1, 0.15) is 0 Å². The van der Waals surface area contributed by atoms with Crippen molar-refractivity contribution in [3.05, 3.63) is 0 Å². The van der Waals surface area contributed by atoms with E-state index in [0.29, 0.717) is 12.8 Å². The molecule has 0 N–H and O–H groups in total. The van der Waals surface area contributed by atoms with Crippen LogP contribution in [0.1, 0.15) is 12.8 Å². The Morgan fingerprint density at radius 3 is 1.78 bits per heavy atom. The second-order valence-corrected chi connectivity index (χ2v) is 4.92. The normalized spacial score (nSPS) is 7.78. The molecule has 0 aromatic heterocycles. The third-order valence-corrected chi connectivity index (χ3v) is 3.53. The van der Waals surface area contributed by atoms with Gasteiger partial charge in [-0.05, 0) is 0 Å². The van der Waals surface area contributed by atoms with Gasteiger partial charge in [-0.25, -0.2) is 0 Å². The molecule has 0 atom stereocenters. The average molecular weight is 236 g/mol. The first-order valence-electron chi connectivity index (χ1n) is 2.73. The van der Waals surface area contributed by atoms with Crippen molar-refractivity contribution in [1.29, 1.82) is 10.5 Å². The molecule has 0 aliphatic heterocycles. The molecule has 0 spiro atoms. The van der Waals surface area contributed by atoms with Gasteiger partial charge < -0.3 is 0 Å². The van der Waals surface area contributed by atoms with E-state index >= 15 is 0 Å². The van der Waals surface area contributed by atoms with Crippen LogP contribution in [0.25, 0.3) is 0 Å². The number of rotatable bonds is 4. The SMILES string of the molecule is N#CCC[Te]CCC#N. The number of nitrogens with zero attached hydrogens (tertiary/aromatic N) is 2. The first-order chi connectivity index (χ1) is 4.41. The van der Waals surface area contributed by atoms with Crippen molar-refractivity contribution >= 4 is 20.9 Å². The molecule has 0 saturated carbocycles. The van der Waals surface area contributed by atoms with E-state index in [1.807, 2.05) is 0 Å². The Kier molecular flexibility index (Phi) is 7.57. The van der Waals surface area contributed by atoms with Gasteiger partial charge in [0.15, 0.2) is 0 Å². The van der Waals surface area contributed by atoms with E-state index in [1.54, 1.807) is 0 Å². The van der Waals surface area contributed by atoms with Crippen LogP contribution in [0.3, 0.4) is 0 Å². The Morgan fingerprint density at radius 1 is 1.00 bits per heavy atom. The van der Waals surface area contributed by atoms with Crippen LogP contribution in [0.15, 0.2) is 0 Å². The standard InChI is InChI=1S/C6H8N2Te/c7-3-1-5-9-6-2-4-8/h1-2,5-6H2. The molecule has 0 rings (SSSR count). The van der Waals surface area contributed by atoms with Gasteiger partial charge in [-0.3, -0.25) is 0 Å². The van der Waals surface area contributed by atoms with E-state index in [9.17, 15) is 0 Å². The second-order valence-electron chi connectivity index (χ2n) is 1.43. The minimum atomic E-state index is 0.0128. The minimum absolute atomic E-state index is 0.0128. The number of hydrogen-bond donors (Lipinski definition) is 0. The third kappa shape index (κ3) is 7.77. The molecule has 9 heavy (non-hydrogen) atoms. The third-order valence-electron chi connectivity index (χ3n) is 0.716. The molecule has 0 bridgehead atoms. The molecular formula is C6H8N2Te. The molecule has 48 valence electrons. The van der Waals surface area contributed by atoms with Crippen LogP contribution in [0.2, 0.25) is 8.94 Å². The van der Waals surface area contributed by atoms with Crippen molar-refractivity contribution < 1.29 is 0 Å². The van der Waals surface area contributed by atoms with E-state index in [-0.39, 0.29) is 20.9 Å². The second kappa shape index (κ2) is 7.77. The van der Waals surface area contributed by atoms with E-state index in [2.05, 4.69) is 12.1 Å². The fourth-order valence-corrected chi connectivity index (χ4v) is 2.27. The fraction of sp³-hybridized carbons (Fsp3) is 0.667. The van der Waals surface area contributed by atoms with Crippen LogP contribution in [-0.4, -0.2) is 20.9 Å². The predicted octanol–water partition coefficient (Wildman–Crippen LogP) is 1.35. The Hall–Kier alpha value is -0.230. The van der Waals surface area contributed by atoms with E-state index < -0.39 is 0 Å². The Morgan fingerprint density at radius 2 is 1.44 bits per heavy atom. The van der Waals surface area contributed by atoms with Gasteiger partial charge >= 0.3 is 65.4 Å². The molecule has 0 unspecified atom stereocenters. The van der Waals surface area contributed by atoms with E-state index in [1.165, 1.54) is 0 Å². The quantitative estimate of drug-likeness (QED) is 0.546. The molecule has 0 aromatic carbocycles. The zero-order chi connectivity index (χ0) is 6.95. The summed E-state index contributed by atoms with van der Waals surface area (Å²) >= 11 is 0.0128. The van der Waals surface area contributed by atoms with Crippen molar-refractivity contribution in [1.82, 2.24) is 0 Å². The van der Waals surface area contributed by atoms with E-state index in [0.717, 1.165) is 8.94 Å². The summed E-state index contributed by atoms with van der Waals surface area (Å²) in [4.78, 5) is 0. The maximum absolute atomic E-state index is 8.13. The van der Waals surface area contributed by atoms with Gasteiger partial charge in [0, 0.05) is 0 Å². The van der Waals surface area contributed by atoms with Crippen molar-refractivity contribution in [3.63, 3.8) is 0 Å². The van der Waals surface area contributed by atoms with Crippen LogP contribution in [0.4, 0.5) is 0 Å². The van der Waals surface area contributed by atoms with Crippen LogP contribution >= 0.6 is 0 Å². The maximum atomic E-state index is 8.13. The van der Waals surface area contributed by atoms with Gasteiger partial charge in [-0.15, -0.1) is 0 Å². The van der Waals surface area contributed by atoms with Crippen molar-refractivity contribution in [3.8, 4) is 12.1 Å². The van der Waals surface area contributed by atoms with Gasteiger partial charge in [0.05, 0.1) is 0 Å². The molecule has 0 aromatic rings. The molecule has 0 aliphatic carbocycles. The number of hydrogen-bond acceptors (Lipinski definition) is 2. The van der Waals surface area contributed by atoms with Gasteiger partial charge in [-0.1, -0.05) is 0 Å². The van der Waals surface area contributed by atoms with Gasteiger partial charge in [0.2, 0.25) is 0 Å². The summed E-state index contributed by atoms with van der Waals surface area (Å²) in [6.45, 7) is 0. The Bertz CT molecular complexity index is 115. The predicted molar refractivity (Wildman–Crippen MR) is 35.8 cm³/mol. The molecule has 0 saturated heterocycles. The number of nitriles is 2. The first-order valence-corrected chi connectivity index (χ1v) is 6.03. The van der Waals surface area contributed by atoms with Crippen LogP contribution in [0.5, 0.6) is 0 Å². The van der Waals surface area contributed by atoms with Crippen molar-refractivity contribution in [2.75, 3.05) is 0 Å². The summed E-state index contributed by atoms with van der Waals surface area (Å²) in [6, 6.07) is 4.19. The molecule has 0 amide bonds. The first kappa shape index (κ1) is 8.77. The zero-order valence-electron chi connectivity index (χ0n) is 5.13. The zero-order valence-corrected chi connectivity index (χ0v) is 7.46. The molecule has 3 heteroatoms. The summed E-state index contributed by atoms with van der Waals surface area (Å²) < 4.78 is 2.15. The molecular weight excluding hydrogens is 228 g/mol. The summed E-state index contributed by atoms with van der Waals surface area (Å²) in [5.74, 6) is 0. The monoisotopic (exact) mass is 238 g/mol. The van der Waals surface area contributed by atoms with Crippen LogP contribution in [-0.2, 0) is 0 Å². The van der Waals surface area contributed by atoms with Crippen molar-refractivity contribution in [2.45, 2.75) is 21.8 Å². The molecule has 0 aliphatic rings. The van der Waals surface area contributed by atoms with Crippen molar-refractivity contribution in [2.24, 2.45) is 0 Å². The summed E-state index contributed by atoms with van der Waals surface area (Å²) in [7, 11) is 0. The van der Waals surface area contributed by atoms with Crippen LogP contribution in [0, 0.1) is 22.7 Å². The van der Waals surface area contributed by atoms with Crippen LogP contribution < -0.4 is 0 Å². The molecule has 0 fully saturated rings. The molecule has 0 radical (unpaired) electrons. The summed E-state index contributed by atoms with van der Waals surface area (Å²) in [5, 5.41) is 16.3. The topological polar surface area (TPSA) is 47.6 Å².